The molecule has 1 saturated heterocycles. The van der Waals surface area contributed by atoms with Crippen LogP contribution in [0.4, 0.5) is 17.3 Å². The van der Waals surface area contributed by atoms with Gasteiger partial charge in [-0.2, -0.15) is 0 Å². The van der Waals surface area contributed by atoms with Crippen molar-refractivity contribution >= 4 is 34.3 Å². The van der Waals surface area contributed by atoms with Gasteiger partial charge in [-0.15, -0.1) is 0 Å². The highest BCUT2D eigenvalue weighted by molar-refractivity contribution is 5.93. The third kappa shape index (κ3) is 3.47. The predicted octanol–water partition coefficient (Wildman–Crippen LogP) is 2.70. The lowest BCUT2D eigenvalue weighted by atomic mass is 10.2. The first-order valence-electron chi connectivity index (χ1n) is 9.75. The molecule has 7 heteroatoms. The summed E-state index contributed by atoms with van der Waals surface area (Å²) in [6, 6.07) is 11.9. The summed E-state index contributed by atoms with van der Waals surface area (Å²) in [6.07, 6.45) is 5.69. The van der Waals surface area contributed by atoms with E-state index in [2.05, 4.69) is 25.1 Å². The normalized spacial score (nSPS) is 17.0. The molecular weight excluding hydrogens is 352 g/mol. The Morgan fingerprint density at radius 2 is 1.64 bits per heavy atom. The van der Waals surface area contributed by atoms with E-state index in [9.17, 15) is 4.79 Å². The molecule has 7 nitrogen and oxygen atoms in total. The molecule has 2 fully saturated rings. The SMILES string of the molecule is O=C(Nc1ccc(N2CCN(c3cnc4ccccc4n3)CC2)cn1)C1CC1. The molecule has 0 atom stereocenters. The third-order valence-electron chi connectivity index (χ3n) is 5.35. The number of anilines is 3. The maximum atomic E-state index is 11.8. The minimum atomic E-state index is 0.0883. The van der Waals surface area contributed by atoms with Crippen LogP contribution in [-0.2, 0) is 4.79 Å². The van der Waals surface area contributed by atoms with Crippen molar-refractivity contribution in [3.63, 3.8) is 0 Å². The van der Waals surface area contributed by atoms with Gasteiger partial charge in [-0.05, 0) is 37.1 Å². The molecule has 1 saturated carbocycles. The fraction of sp³-hybridized carbons (Fsp3) is 0.333. The van der Waals surface area contributed by atoms with Crippen LogP contribution in [0.3, 0.4) is 0 Å². The molecule has 5 rings (SSSR count). The van der Waals surface area contributed by atoms with E-state index in [0.717, 1.165) is 61.6 Å². The highest BCUT2D eigenvalue weighted by Crippen LogP contribution is 2.30. The molecule has 28 heavy (non-hydrogen) atoms. The van der Waals surface area contributed by atoms with E-state index >= 15 is 0 Å². The van der Waals surface area contributed by atoms with Gasteiger partial charge in [0.2, 0.25) is 5.91 Å². The summed E-state index contributed by atoms with van der Waals surface area (Å²) in [5.41, 5.74) is 2.92. The van der Waals surface area contributed by atoms with E-state index in [1.807, 2.05) is 48.8 Å². The standard InChI is InChI=1S/C21H22N6O/c28-21(15-5-6-15)25-19-8-7-16(13-23-19)26-9-11-27(12-10-26)20-14-22-17-3-1-2-4-18(17)24-20/h1-4,7-8,13-15H,5-6,9-12H2,(H,23,25,28). The molecule has 0 bridgehead atoms. The molecule has 2 aromatic heterocycles. The van der Waals surface area contributed by atoms with Gasteiger partial charge in [-0.25, -0.2) is 9.97 Å². The fourth-order valence-electron chi connectivity index (χ4n) is 3.51. The molecule has 0 unspecified atom stereocenters. The number of hydrogen-bond donors (Lipinski definition) is 1. The maximum absolute atomic E-state index is 11.8. The summed E-state index contributed by atoms with van der Waals surface area (Å²) in [6.45, 7) is 3.55. The average molecular weight is 374 g/mol. The first-order valence-corrected chi connectivity index (χ1v) is 9.75. The number of pyridine rings is 1. The number of benzene rings is 1. The third-order valence-corrected chi connectivity index (χ3v) is 5.35. The molecule has 0 spiro atoms. The zero-order valence-corrected chi connectivity index (χ0v) is 15.6. The molecule has 1 N–H and O–H groups in total. The largest absolute Gasteiger partial charge is 0.367 e. The first kappa shape index (κ1) is 16.9. The Kier molecular flexibility index (Phi) is 4.27. The van der Waals surface area contributed by atoms with E-state index in [1.54, 1.807) is 0 Å². The van der Waals surface area contributed by atoms with E-state index in [4.69, 9.17) is 4.98 Å². The number of para-hydroxylation sites is 2. The summed E-state index contributed by atoms with van der Waals surface area (Å²) < 4.78 is 0. The number of nitrogens with zero attached hydrogens (tertiary/aromatic N) is 5. The van der Waals surface area contributed by atoms with Crippen molar-refractivity contribution in [3.05, 3.63) is 48.8 Å². The summed E-state index contributed by atoms with van der Waals surface area (Å²) in [5, 5.41) is 2.89. The Bertz CT molecular complexity index is 993. The van der Waals surface area contributed by atoms with Crippen LogP contribution >= 0.6 is 0 Å². The number of piperazine rings is 1. The van der Waals surface area contributed by atoms with Gasteiger partial charge in [0.15, 0.2) is 0 Å². The Balaban J connectivity index is 1.22. The summed E-state index contributed by atoms with van der Waals surface area (Å²) in [7, 11) is 0. The van der Waals surface area contributed by atoms with Crippen molar-refractivity contribution in [2.75, 3.05) is 41.3 Å². The number of rotatable bonds is 4. The quantitative estimate of drug-likeness (QED) is 0.757. The maximum Gasteiger partial charge on any atom is 0.228 e. The van der Waals surface area contributed by atoms with Crippen LogP contribution in [-0.4, -0.2) is 47.0 Å². The predicted molar refractivity (Wildman–Crippen MR) is 110 cm³/mol. The van der Waals surface area contributed by atoms with Gasteiger partial charge >= 0.3 is 0 Å². The van der Waals surface area contributed by atoms with Crippen LogP contribution < -0.4 is 15.1 Å². The molecule has 1 aliphatic heterocycles. The molecule has 1 amide bonds. The molecule has 1 aliphatic carbocycles. The van der Waals surface area contributed by atoms with Gasteiger partial charge in [0.05, 0.1) is 29.1 Å². The van der Waals surface area contributed by atoms with Crippen molar-refractivity contribution in [2.24, 2.45) is 5.92 Å². The van der Waals surface area contributed by atoms with E-state index < -0.39 is 0 Å². The van der Waals surface area contributed by atoms with Gasteiger partial charge in [0, 0.05) is 32.1 Å². The summed E-state index contributed by atoms with van der Waals surface area (Å²) in [4.78, 5) is 30.1. The lowest BCUT2D eigenvalue weighted by Crippen LogP contribution is -2.46. The van der Waals surface area contributed by atoms with Crippen LogP contribution in [0, 0.1) is 5.92 Å². The van der Waals surface area contributed by atoms with Crippen LogP contribution in [0.15, 0.2) is 48.8 Å². The molecule has 3 aromatic rings. The molecular formula is C21H22N6O. The minimum Gasteiger partial charge on any atom is -0.367 e. The van der Waals surface area contributed by atoms with Crippen LogP contribution in [0.1, 0.15) is 12.8 Å². The molecule has 2 aliphatic rings. The van der Waals surface area contributed by atoms with Crippen molar-refractivity contribution < 1.29 is 4.79 Å². The topological polar surface area (TPSA) is 74.2 Å². The Hall–Kier alpha value is -3.22. The smallest absolute Gasteiger partial charge is 0.228 e. The Morgan fingerprint density at radius 1 is 0.893 bits per heavy atom. The number of nitrogens with one attached hydrogen (secondary N) is 1. The van der Waals surface area contributed by atoms with Crippen molar-refractivity contribution in [1.29, 1.82) is 0 Å². The number of carbonyl (C=O) groups is 1. The number of hydrogen-bond acceptors (Lipinski definition) is 6. The molecule has 1 aromatic carbocycles. The van der Waals surface area contributed by atoms with Gasteiger partial charge in [-0.1, -0.05) is 12.1 Å². The van der Waals surface area contributed by atoms with Crippen molar-refractivity contribution in [2.45, 2.75) is 12.8 Å². The van der Waals surface area contributed by atoms with Gasteiger partial charge < -0.3 is 15.1 Å². The monoisotopic (exact) mass is 374 g/mol. The number of fused-ring (bicyclic) bond motifs is 1. The lowest BCUT2D eigenvalue weighted by molar-refractivity contribution is -0.117. The van der Waals surface area contributed by atoms with E-state index in [-0.39, 0.29) is 11.8 Å². The molecule has 142 valence electrons. The molecule has 3 heterocycles. The fourth-order valence-corrected chi connectivity index (χ4v) is 3.51. The average Bonchev–Trinajstić information content (AvgIpc) is 3.60. The Labute approximate surface area is 163 Å². The van der Waals surface area contributed by atoms with Crippen molar-refractivity contribution in [1.82, 2.24) is 15.0 Å². The highest BCUT2D eigenvalue weighted by Gasteiger charge is 2.29. The van der Waals surface area contributed by atoms with Gasteiger partial charge in [0.1, 0.15) is 11.6 Å². The van der Waals surface area contributed by atoms with Gasteiger partial charge in [0.25, 0.3) is 0 Å². The number of aromatic nitrogens is 3. The number of amides is 1. The second kappa shape index (κ2) is 7.07. The highest BCUT2D eigenvalue weighted by atomic mass is 16.2. The van der Waals surface area contributed by atoms with E-state index in [0.29, 0.717) is 5.82 Å². The van der Waals surface area contributed by atoms with Crippen LogP contribution in [0.5, 0.6) is 0 Å². The summed E-state index contributed by atoms with van der Waals surface area (Å²) >= 11 is 0. The second-order valence-electron chi connectivity index (χ2n) is 7.36. The first-order chi connectivity index (χ1) is 13.8. The second-order valence-corrected chi connectivity index (χ2v) is 7.36. The van der Waals surface area contributed by atoms with Crippen LogP contribution in [0.25, 0.3) is 11.0 Å². The lowest BCUT2D eigenvalue weighted by Gasteiger charge is -2.36. The van der Waals surface area contributed by atoms with Crippen LogP contribution in [0.2, 0.25) is 0 Å². The van der Waals surface area contributed by atoms with E-state index in [1.165, 1.54) is 0 Å². The molecule has 0 radical (unpaired) electrons. The van der Waals surface area contributed by atoms with Crippen molar-refractivity contribution in [3.8, 4) is 0 Å². The van der Waals surface area contributed by atoms with Gasteiger partial charge in [-0.3, -0.25) is 9.78 Å². The zero-order chi connectivity index (χ0) is 18.9. The Morgan fingerprint density at radius 3 is 2.36 bits per heavy atom. The summed E-state index contributed by atoms with van der Waals surface area (Å²) in [5.74, 6) is 1.83. The number of carbonyl (C=O) groups excluding carboxylic acids is 1. The minimum absolute atomic E-state index is 0.0883. The zero-order valence-electron chi connectivity index (χ0n) is 15.6.